The molecule has 0 amide bonds. The zero-order valence-corrected chi connectivity index (χ0v) is 14.6. The molecule has 0 aliphatic heterocycles. The van der Waals surface area contributed by atoms with Gasteiger partial charge in [0, 0.05) is 5.39 Å². The lowest BCUT2D eigenvalue weighted by Gasteiger charge is -2.14. The van der Waals surface area contributed by atoms with Crippen molar-refractivity contribution in [3.63, 3.8) is 0 Å². The summed E-state index contributed by atoms with van der Waals surface area (Å²) < 4.78 is 33.1. The summed E-state index contributed by atoms with van der Waals surface area (Å²) in [7, 11) is -2.63. The second-order valence-corrected chi connectivity index (χ2v) is 7.22. The predicted octanol–water partition coefficient (Wildman–Crippen LogP) is 3.74. The minimum Gasteiger partial charge on any atom is -0.465 e. The first kappa shape index (κ1) is 17.0. The zero-order valence-electron chi connectivity index (χ0n) is 13.8. The molecule has 6 heteroatoms. The van der Waals surface area contributed by atoms with Crippen molar-refractivity contribution < 1.29 is 17.9 Å². The van der Waals surface area contributed by atoms with Gasteiger partial charge in [0.1, 0.15) is 0 Å². The number of para-hydroxylation sites is 1. The topological polar surface area (TPSA) is 72.5 Å². The number of esters is 1. The Bertz CT molecular complexity index is 1060. The smallest absolute Gasteiger partial charge is 0.339 e. The number of methoxy groups -OCH3 is 1. The molecule has 25 heavy (non-hydrogen) atoms. The molecule has 128 valence electrons. The normalized spacial score (nSPS) is 11.3. The van der Waals surface area contributed by atoms with Crippen LogP contribution in [0.15, 0.2) is 65.6 Å². The van der Waals surface area contributed by atoms with E-state index in [0.717, 1.165) is 10.9 Å². The van der Waals surface area contributed by atoms with Crippen LogP contribution in [0.3, 0.4) is 0 Å². The molecule has 0 radical (unpaired) electrons. The Kier molecular flexibility index (Phi) is 4.46. The third kappa shape index (κ3) is 3.21. The Balaban J connectivity index is 2.11. The maximum absolute atomic E-state index is 12.9. The van der Waals surface area contributed by atoms with Gasteiger partial charge in [0.2, 0.25) is 0 Å². The Labute approximate surface area is 146 Å². The quantitative estimate of drug-likeness (QED) is 0.724. The van der Waals surface area contributed by atoms with Crippen molar-refractivity contribution in [3.05, 3.63) is 71.8 Å². The van der Waals surface area contributed by atoms with Crippen LogP contribution in [-0.2, 0) is 14.8 Å². The fourth-order valence-corrected chi connectivity index (χ4v) is 4.01. The molecule has 0 unspecified atom stereocenters. The molecular formula is C19H17NO4S. The zero-order chi connectivity index (χ0) is 18.0. The molecule has 0 atom stereocenters. The number of benzene rings is 3. The molecule has 0 aromatic heterocycles. The van der Waals surface area contributed by atoms with E-state index in [-0.39, 0.29) is 16.1 Å². The summed E-state index contributed by atoms with van der Waals surface area (Å²) in [5, 5.41) is 1.50. The number of ether oxygens (including phenoxy) is 1. The molecule has 3 aromatic carbocycles. The van der Waals surface area contributed by atoms with Crippen LogP contribution in [0.5, 0.6) is 0 Å². The van der Waals surface area contributed by atoms with E-state index in [2.05, 4.69) is 4.72 Å². The van der Waals surface area contributed by atoms with Crippen molar-refractivity contribution in [2.24, 2.45) is 0 Å². The van der Waals surface area contributed by atoms with Crippen LogP contribution in [0.25, 0.3) is 10.8 Å². The Morgan fingerprint density at radius 2 is 1.56 bits per heavy atom. The molecule has 0 spiro atoms. The first-order chi connectivity index (χ1) is 11.9. The molecule has 3 rings (SSSR count). The molecule has 0 fully saturated rings. The van der Waals surface area contributed by atoms with Gasteiger partial charge in [0.05, 0.1) is 23.3 Å². The van der Waals surface area contributed by atoms with Crippen LogP contribution in [-0.4, -0.2) is 21.5 Å². The Morgan fingerprint density at radius 1 is 0.920 bits per heavy atom. The summed E-state index contributed by atoms with van der Waals surface area (Å²) in [5.41, 5.74) is 1.33. The van der Waals surface area contributed by atoms with E-state index in [1.807, 2.05) is 19.1 Å². The number of sulfonamides is 1. The maximum Gasteiger partial charge on any atom is 0.339 e. The van der Waals surface area contributed by atoms with Gasteiger partial charge in [-0.3, -0.25) is 4.72 Å². The van der Waals surface area contributed by atoms with Crippen molar-refractivity contribution in [2.75, 3.05) is 11.8 Å². The number of nitrogens with one attached hydrogen (secondary N) is 1. The highest BCUT2D eigenvalue weighted by Gasteiger charge is 2.21. The number of hydrogen-bond acceptors (Lipinski definition) is 4. The molecular weight excluding hydrogens is 338 g/mol. The summed E-state index contributed by atoms with van der Waals surface area (Å²) in [6, 6.07) is 17.0. The van der Waals surface area contributed by atoms with E-state index in [1.54, 1.807) is 36.4 Å². The van der Waals surface area contributed by atoms with Gasteiger partial charge in [-0.15, -0.1) is 0 Å². The average Bonchev–Trinajstić information content (AvgIpc) is 2.61. The summed E-state index contributed by atoms with van der Waals surface area (Å²) in [6.07, 6.45) is 0. The van der Waals surface area contributed by atoms with Gasteiger partial charge in [-0.25, -0.2) is 13.2 Å². The van der Waals surface area contributed by atoms with E-state index in [9.17, 15) is 13.2 Å². The van der Waals surface area contributed by atoms with E-state index < -0.39 is 16.0 Å². The van der Waals surface area contributed by atoms with Crippen LogP contribution in [0.4, 0.5) is 5.69 Å². The summed E-state index contributed by atoms with van der Waals surface area (Å²) in [4.78, 5) is 12.0. The summed E-state index contributed by atoms with van der Waals surface area (Å²) in [6.45, 7) is 1.93. The Hall–Kier alpha value is -2.86. The van der Waals surface area contributed by atoms with Crippen molar-refractivity contribution in [2.45, 2.75) is 11.8 Å². The molecule has 5 nitrogen and oxygen atoms in total. The van der Waals surface area contributed by atoms with Crippen molar-refractivity contribution in [1.29, 1.82) is 0 Å². The van der Waals surface area contributed by atoms with Crippen LogP contribution < -0.4 is 4.72 Å². The molecule has 0 saturated heterocycles. The van der Waals surface area contributed by atoms with Gasteiger partial charge in [-0.2, -0.15) is 0 Å². The first-order valence-corrected chi connectivity index (χ1v) is 9.11. The van der Waals surface area contributed by atoms with Gasteiger partial charge < -0.3 is 4.74 Å². The van der Waals surface area contributed by atoms with Crippen LogP contribution in [0.1, 0.15) is 15.9 Å². The lowest BCUT2D eigenvalue weighted by Crippen LogP contribution is -2.16. The highest BCUT2D eigenvalue weighted by molar-refractivity contribution is 7.93. The van der Waals surface area contributed by atoms with E-state index in [0.29, 0.717) is 5.39 Å². The van der Waals surface area contributed by atoms with Gasteiger partial charge in [0.25, 0.3) is 10.0 Å². The number of anilines is 1. The highest BCUT2D eigenvalue weighted by Crippen LogP contribution is 2.28. The highest BCUT2D eigenvalue weighted by atomic mass is 32.2. The number of rotatable bonds is 4. The van der Waals surface area contributed by atoms with E-state index in [4.69, 9.17) is 4.74 Å². The van der Waals surface area contributed by atoms with Gasteiger partial charge in [0.15, 0.2) is 0 Å². The molecule has 0 aliphatic rings. The minimum atomic E-state index is -3.88. The largest absolute Gasteiger partial charge is 0.465 e. The lowest BCUT2D eigenvalue weighted by molar-refractivity contribution is 0.0602. The van der Waals surface area contributed by atoms with Gasteiger partial charge in [-0.1, -0.05) is 42.5 Å². The maximum atomic E-state index is 12.9. The fraction of sp³-hybridized carbons (Fsp3) is 0.105. The summed E-state index contributed by atoms with van der Waals surface area (Å²) in [5.74, 6) is -0.605. The number of aryl methyl sites for hydroxylation is 1. The fourth-order valence-electron chi connectivity index (χ4n) is 2.72. The lowest BCUT2D eigenvalue weighted by atomic mass is 10.1. The average molecular weight is 355 g/mol. The van der Waals surface area contributed by atoms with Crippen LogP contribution in [0, 0.1) is 6.92 Å². The SMILES string of the molecule is COC(=O)c1ccccc1NS(=O)(=O)c1ccc(C)c2ccccc12. The second-order valence-electron chi connectivity index (χ2n) is 5.57. The third-order valence-electron chi connectivity index (χ3n) is 3.97. The van der Waals surface area contributed by atoms with Crippen LogP contribution in [0.2, 0.25) is 0 Å². The van der Waals surface area contributed by atoms with Crippen molar-refractivity contribution in [1.82, 2.24) is 0 Å². The third-order valence-corrected chi connectivity index (χ3v) is 5.39. The first-order valence-electron chi connectivity index (χ1n) is 7.62. The van der Waals surface area contributed by atoms with Gasteiger partial charge in [-0.05, 0) is 36.1 Å². The summed E-state index contributed by atoms with van der Waals surface area (Å²) >= 11 is 0. The molecule has 3 aromatic rings. The van der Waals surface area contributed by atoms with Crippen molar-refractivity contribution in [3.8, 4) is 0 Å². The number of fused-ring (bicyclic) bond motifs is 1. The predicted molar refractivity (Wildman–Crippen MR) is 97.3 cm³/mol. The second kappa shape index (κ2) is 6.57. The standard InChI is InChI=1S/C19H17NO4S/c1-13-11-12-18(15-8-4-3-7-14(13)15)25(22,23)20-17-10-6-5-9-16(17)19(21)24-2/h3-12,20H,1-2H3. The molecule has 0 heterocycles. The molecule has 0 aliphatic carbocycles. The van der Waals surface area contributed by atoms with E-state index >= 15 is 0 Å². The van der Waals surface area contributed by atoms with Gasteiger partial charge >= 0.3 is 5.97 Å². The number of hydrogen-bond donors (Lipinski definition) is 1. The van der Waals surface area contributed by atoms with Crippen LogP contribution >= 0.6 is 0 Å². The van der Waals surface area contributed by atoms with Crippen molar-refractivity contribution >= 4 is 32.5 Å². The number of carbonyl (C=O) groups is 1. The molecule has 0 saturated carbocycles. The Morgan fingerprint density at radius 3 is 2.28 bits per heavy atom. The molecule has 1 N–H and O–H groups in total. The molecule has 0 bridgehead atoms. The monoisotopic (exact) mass is 355 g/mol. The minimum absolute atomic E-state index is 0.157. The number of carbonyl (C=O) groups excluding carboxylic acids is 1. The van der Waals surface area contributed by atoms with E-state index in [1.165, 1.54) is 19.2 Å².